The monoisotopic (exact) mass is 297 g/mol. The molecule has 2 rings (SSSR count). The zero-order valence-electron chi connectivity index (χ0n) is 11.6. The third kappa shape index (κ3) is 2.38. The van der Waals surface area contributed by atoms with Gasteiger partial charge in [-0.3, -0.25) is 4.79 Å². The molecule has 0 radical (unpaired) electrons. The van der Waals surface area contributed by atoms with Crippen LogP contribution in [-0.2, 0) is 14.8 Å². The Labute approximate surface area is 119 Å². The standard InChI is InChI=1S/C13H19N3O3S/c1-3-11-13(17)15-7-8-16(11)20(18,19)12-6-4-5-10(14)9(12)2/h4-6,11H,3,7-8,14H2,1-2H3,(H,15,17). The molecular formula is C13H19N3O3S. The Balaban J connectivity index is 2.48. The number of carbonyl (C=O) groups is 1. The molecule has 3 N–H and O–H groups in total. The van der Waals surface area contributed by atoms with Gasteiger partial charge >= 0.3 is 0 Å². The van der Waals surface area contributed by atoms with Crippen LogP contribution in [0, 0.1) is 6.92 Å². The average Bonchev–Trinajstić information content (AvgIpc) is 2.41. The van der Waals surface area contributed by atoms with Crippen molar-refractivity contribution in [1.82, 2.24) is 9.62 Å². The van der Waals surface area contributed by atoms with Gasteiger partial charge in [-0.2, -0.15) is 4.31 Å². The zero-order valence-corrected chi connectivity index (χ0v) is 12.4. The maximum absolute atomic E-state index is 12.8. The van der Waals surface area contributed by atoms with E-state index in [1.54, 1.807) is 26.0 Å². The van der Waals surface area contributed by atoms with Gasteiger partial charge in [0.1, 0.15) is 6.04 Å². The molecule has 0 saturated carbocycles. The minimum atomic E-state index is -3.72. The first-order chi connectivity index (χ1) is 9.39. The number of amides is 1. The van der Waals surface area contributed by atoms with E-state index in [4.69, 9.17) is 5.73 Å². The number of anilines is 1. The molecule has 0 spiro atoms. The predicted octanol–water partition coefficient (Wildman–Crippen LogP) is 0.476. The van der Waals surface area contributed by atoms with E-state index in [1.807, 2.05) is 0 Å². The van der Waals surface area contributed by atoms with Gasteiger partial charge in [-0.1, -0.05) is 13.0 Å². The lowest BCUT2D eigenvalue weighted by Crippen LogP contribution is -2.56. The summed E-state index contributed by atoms with van der Waals surface area (Å²) in [4.78, 5) is 12.0. The van der Waals surface area contributed by atoms with E-state index in [2.05, 4.69) is 5.32 Å². The lowest BCUT2D eigenvalue weighted by Gasteiger charge is -2.33. The summed E-state index contributed by atoms with van der Waals surface area (Å²) in [5.41, 5.74) is 6.73. The Morgan fingerprint density at radius 2 is 2.15 bits per heavy atom. The molecule has 20 heavy (non-hydrogen) atoms. The number of sulfonamides is 1. The Kier molecular flexibility index (Phi) is 4.01. The second-order valence-electron chi connectivity index (χ2n) is 4.80. The van der Waals surface area contributed by atoms with Crippen molar-refractivity contribution in [1.29, 1.82) is 0 Å². The summed E-state index contributed by atoms with van der Waals surface area (Å²) in [6.07, 6.45) is 0.437. The van der Waals surface area contributed by atoms with Crippen LogP contribution in [0.4, 0.5) is 5.69 Å². The number of carbonyl (C=O) groups excluding carboxylic acids is 1. The van der Waals surface area contributed by atoms with Crippen LogP contribution >= 0.6 is 0 Å². The highest BCUT2D eigenvalue weighted by Crippen LogP contribution is 2.26. The highest BCUT2D eigenvalue weighted by atomic mass is 32.2. The molecule has 1 aromatic carbocycles. The Bertz CT molecular complexity index is 628. The fraction of sp³-hybridized carbons (Fsp3) is 0.462. The van der Waals surface area contributed by atoms with Gasteiger partial charge in [-0.15, -0.1) is 0 Å². The van der Waals surface area contributed by atoms with Crippen LogP contribution in [0.5, 0.6) is 0 Å². The van der Waals surface area contributed by atoms with Crippen molar-refractivity contribution < 1.29 is 13.2 Å². The van der Waals surface area contributed by atoms with Gasteiger partial charge in [-0.05, 0) is 31.0 Å². The summed E-state index contributed by atoms with van der Waals surface area (Å²) >= 11 is 0. The maximum atomic E-state index is 12.8. The molecule has 1 saturated heterocycles. The molecule has 1 fully saturated rings. The molecule has 6 nitrogen and oxygen atoms in total. The molecule has 7 heteroatoms. The van der Waals surface area contributed by atoms with E-state index < -0.39 is 16.1 Å². The Morgan fingerprint density at radius 3 is 2.80 bits per heavy atom. The quantitative estimate of drug-likeness (QED) is 0.794. The van der Waals surface area contributed by atoms with Crippen molar-refractivity contribution in [3.8, 4) is 0 Å². The van der Waals surface area contributed by atoms with Crippen molar-refractivity contribution in [2.75, 3.05) is 18.8 Å². The number of benzene rings is 1. The Morgan fingerprint density at radius 1 is 1.45 bits per heavy atom. The van der Waals surface area contributed by atoms with E-state index in [9.17, 15) is 13.2 Å². The molecule has 1 aliphatic heterocycles. The number of rotatable bonds is 3. The normalized spacial score (nSPS) is 20.7. The number of hydrogen-bond acceptors (Lipinski definition) is 4. The summed E-state index contributed by atoms with van der Waals surface area (Å²) in [5, 5.41) is 2.69. The van der Waals surface area contributed by atoms with Crippen molar-refractivity contribution in [3.05, 3.63) is 23.8 Å². The van der Waals surface area contributed by atoms with Crippen LogP contribution in [0.1, 0.15) is 18.9 Å². The third-order valence-electron chi connectivity index (χ3n) is 3.58. The van der Waals surface area contributed by atoms with Crippen LogP contribution < -0.4 is 11.1 Å². The minimum absolute atomic E-state index is 0.172. The molecule has 0 aliphatic carbocycles. The largest absolute Gasteiger partial charge is 0.398 e. The molecule has 1 atom stereocenters. The number of nitrogens with two attached hydrogens (primary N) is 1. The molecule has 0 bridgehead atoms. The van der Waals surface area contributed by atoms with Crippen LogP contribution in [-0.4, -0.2) is 37.8 Å². The van der Waals surface area contributed by atoms with Gasteiger partial charge < -0.3 is 11.1 Å². The second kappa shape index (κ2) is 5.41. The summed E-state index contributed by atoms with van der Waals surface area (Å²) in [6, 6.07) is 4.14. The van der Waals surface area contributed by atoms with E-state index in [1.165, 1.54) is 10.4 Å². The van der Waals surface area contributed by atoms with Crippen molar-refractivity contribution in [2.45, 2.75) is 31.2 Å². The number of nitrogens with zero attached hydrogens (tertiary/aromatic N) is 1. The molecule has 1 amide bonds. The summed E-state index contributed by atoms with van der Waals surface area (Å²) in [5.74, 6) is -0.246. The fourth-order valence-electron chi connectivity index (χ4n) is 2.41. The number of hydrogen-bond donors (Lipinski definition) is 2. The summed E-state index contributed by atoms with van der Waals surface area (Å²) in [7, 11) is -3.72. The molecule has 1 aromatic rings. The smallest absolute Gasteiger partial charge is 0.244 e. The van der Waals surface area contributed by atoms with Gasteiger partial charge in [0.15, 0.2) is 0 Å². The van der Waals surface area contributed by atoms with Crippen LogP contribution in [0.2, 0.25) is 0 Å². The first kappa shape index (κ1) is 14.8. The fourth-order valence-corrected chi connectivity index (χ4v) is 4.33. The van der Waals surface area contributed by atoms with E-state index in [-0.39, 0.29) is 17.3 Å². The molecule has 1 aliphatic rings. The van der Waals surface area contributed by atoms with Gasteiger partial charge in [0.25, 0.3) is 0 Å². The van der Waals surface area contributed by atoms with Gasteiger partial charge in [0.05, 0.1) is 4.90 Å². The van der Waals surface area contributed by atoms with Crippen molar-refractivity contribution in [2.24, 2.45) is 0 Å². The van der Waals surface area contributed by atoms with Crippen LogP contribution in [0.15, 0.2) is 23.1 Å². The van der Waals surface area contributed by atoms with Crippen molar-refractivity contribution >= 4 is 21.6 Å². The summed E-state index contributed by atoms with van der Waals surface area (Å²) in [6.45, 7) is 4.08. The van der Waals surface area contributed by atoms with Gasteiger partial charge in [-0.25, -0.2) is 8.42 Å². The maximum Gasteiger partial charge on any atom is 0.244 e. The van der Waals surface area contributed by atoms with Gasteiger partial charge in [0.2, 0.25) is 15.9 Å². The number of piperazine rings is 1. The van der Waals surface area contributed by atoms with E-state index >= 15 is 0 Å². The lowest BCUT2D eigenvalue weighted by molar-refractivity contribution is -0.126. The van der Waals surface area contributed by atoms with Gasteiger partial charge in [0, 0.05) is 18.8 Å². The zero-order chi connectivity index (χ0) is 14.9. The van der Waals surface area contributed by atoms with E-state index in [0.29, 0.717) is 24.2 Å². The highest BCUT2D eigenvalue weighted by molar-refractivity contribution is 7.89. The lowest BCUT2D eigenvalue weighted by atomic mass is 10.2. The third-order valence-corrected chi connectivity index (χ3v) is 5.63. The molecule has 0 aromatic heterocycles. The van der Waals surface area contributed by atoms with E-state index in [0.717, 1.165) is 0 Å². The highest BCUT2D eigenvalue weighted by Gasteiger charge is 2.37. The van der Waals surface area contributed by atoms with Crippen LogP contribution in [0.25, 0.3) is 0 Å². The topological polar surface area (TPSA) is 92.5 Å². The average molecular weight is 297 g/mol. The number of nitrogen functional groups attached to an aromatic ring is 1. The molecular weight excluding hydrogens is 278 g/mol. The first-order valence-corrected chi connectivity index (χ1v) is 7.98. The van der Waals surface area contributed by atoms with Crippen LogP contribution in [0.3, 0.4) is 0 Å². The molecule has 110 valence electrons. The summed E-state index contributed by atoms with van der Waals surface area (Å²) < 4.78 is 26.8. The Hall–Kier alpha value is -1.60. The minimum Gasteiger partial charge on any atom is -0.398 e. The molecule has 1 unspecified atom stereocenters. The first-order valence-electron chi connectivity index (χ1n) is 6.54. The SMILES string of the molecule is CCC1C(=O)NCCN1S(=O)(=O)c1cccc(N)c1C. The predicted molar refractivity (Wildman–Crippen MR) is 76.6 cm³/mol. The second-order valence-corrected chi connectivity index (χ2v) is 6.66. The van der Waals surface area contributed by atoms with Crippen molar-refractivity contribution in [3.63, 3.8) is 0 Å². The molecule has 1 heterocycles. The number of nitrogens with one attached hydrogen (secondary N) is 1.